The van der Waals surface area contributed by atoms with Gasteiger partial charge in [0, 0.05) is 52.1 Å². The molecule has 43 heavy (non-hydrogen) atoms. The number of nitrogens with zero attached hydrogens (tertiary/aromatic N) is 2. The van der Waals surface area contributed by atoms with Gasteiger partial charge < -0.3 is 42.0 Å². The van der Waals surface area contributed by atoms with Crippen molar-refractivity contribution in [1.82, 2.24) is 15.1 Å². The fourth-order valence-electron chi connectivity index (χ4n) is 5.30. The zero-order chi connectivity index (χ0) is 31.3. The van der Waals surface area contributed by atoms with E-state index in [9.17, 15) is 32.6 Å². The molecule has 0 radical (unpaired) electrons. The van der Waals surface area contributed by atoms with Gasteiger partial charge in [-0.3, -0.25) is 14.4 Å². The molecule has 0 aliphatic carbocycles. The van der Waals surface area contributed by atoms with E-state index in [2.05, 4.69) is 5.32 Å². The van der Waals surface area contributed by atoms with Crippen LogP contribution < -0.4 is 28.0 Å². The Kier molecular flexibility index (Phi) is 10.5. The predicted molar refractivity (Wildman–Crippen MR) is 152 cm³/mol. The summed E-state index contributed by atoms with van der Waals surface area (Å²) in [6, 6.07) is 5.80. The minimum Gasteiger partial charge on any atom is -0.423 e. The molecule has 2 unspecified atom stereocenters. The molecule has 2 heterocycles. The number of hydrogen-bond donors (Lipinski definition) is 5. The van der Waals surface area contributed by atoms with Gasteiger partial charge in [-0.05, 0) is 46.3 Å². The van der Waals surface area contributed by atoms with Crippen LogP contribution in [0.15, 0.2) is 36.4 Å². The minimum atomic E-state index is -4.52. The third-order valence-corrected chi connectivity index (χ3v) is 7.65. The summed E-state index contributed by atoms with van der Waals surface area (Å²) in [7, 11) is -1.04. The molecule has 3 amide bonds. The molecule has 0 saturated heterocycles. The van der Waals surface area contributed by atoms with E-state index in [0.29, 0.717) is 24.1 Å². The van der Waals surface area contributed by atoms with Crippen LogP contribution in [0, 0.1) is 0 Å². The summed E-state index contributed by atoms with van der Waals surface area (Å²) >= 11 is 0. The van der Waals surface area contributed by atoms with Gasteiger partial charge in [-0.15, -0.1) is 0 Å². The second-order valence-corrected chi connectivity index (χ2v) is 10.7. The fourth-order valence-corrected chi connectivity index (χ4v) is 5.30. The van der Waals surface area contributed by atoms with E-state index in [1.807, 2.05) is 6.07 Å². The number of benzene rings is 2. The summed E-state index contributed by atoms with van der Waals surface area (Å²) in [5.41, 5.74) is 19.9. The van der Waals surface area contributed by atoms with Crippen LogP contribution in [-0.4, -0.2) is 77.9 Å². The predicted octanol–water partition coefficient (Wildman–Crippen LogP) is -0.654. The van der Waals surface area contributed by atoms with Gasteiger partial charge in [-0.2, -0.15) is 13.2 Å². The second kappa shape index (κ2) is 13.9. The van der Waals surface area contributed by atoms with Crippen LogP contribution in [0.25, 0.3) is 0 Å². The average molecular weight is 604 g/mol. The highest BCUT2D eigenvalue weighted by Gasteiger charge is 2.35. The summed E-state index contributed by atoms with van der Waals surface area (Å²) in [5.74, 6) is -1.37. The maximum Gasteiger partial charge on any atom is 0.491 e. The number of alkyl halides is 3. The van der Waals surface area contributed by atoms with Crippen molar-refractivity contribution in [2.75, 3.05) is 26.2 Å². The van der Waals surface area contributed by atoms with E-state index < -0.39 is 42.8 Å². The van der Waals surface area contributed by atoms with Crippen LogP contribution in [0.3, 0.4) is 0 Å². The average Bonchev–Trinajstić information content (AvgIpc) is 3.55. The zero-order valence-electron chi connectivity index (χ0n) is 23.6. The van der Waals surface area contributed by atoms with Crippen LogP contribution in [0.2, 0.25) is 0 Å². The highest BCUT2D eigenvalue weighted by Crippen LogP contribution is 2.30. The summed E-state index contributed by atoms with van der Waals surface area (Å²) in [6.45, 7) is 1.85. The Hall–Kier alpha value is -3.50. The van der Waals surface area contributed by atoms with Gasteiger partial charge in [0.2, 0.25) is 17.7 Å². The second-order valence-electron chi connectivity index (χ2n) is 10.7. The van der Waals surface area contributed by atoms with Gasteiger partial charge in [0.1, 0.15) is 6.04 Å². The topological polar surface area (TPSA) is 177 Å². The normalized spacial score (nSPS) is 15.6. The number of hydrogen-bond acceptors (Lipinski definition) is 8. The van der Waals surface area contributed by atoms with Crippen LogP contribution in [0.1, 0.15) is 40.7 Å². The maximum absolute atomic E-state index is 13.8. The number of halogens is 3. The summed E-state index contributed by atoms with van der Waals surface area (Å²) in [4.78, 5) is 42.5. The van der Waals surface area contributed by atoms with Gasteiger partial charge >= 0.3 is 13.3 Å². The van der Waals surface area contributed by atoms with Gasteiger partial charge in [-0.25, -0.2) is 0 Å². The molecule has 0 fully saturated rings. The van der Waals surface area contributed by atoms with Crippen molar-refractivity contribution in [2.45, 2.75) is 57.2 Å². The van der Waals surface area contributed by atoms with Crippen molar-refractivity contribution >= 4 is 30.3 Å². The summed E-state index contributed by atoms with van der Waals surface area (Å²) in [5, 5.41) is 12.7. The van der Waals surface area contributed by atoms with E-state index in [0.717, 1.165) is 28.8 Å². The maximum atomic E-state index is 13.8. The van der Waals surface area contributed by atoms with Crippen molar-refractivity contribution < 1.29 is 37.2 Å². The smallest absolute Gasteiger partial charge is 0.423 e. The molecule has 2 aromatic rings. The van der Waals surface area contributed by atoms with Crippen LogP contribution in [-0.2, 0) is 51.3 Å². The lowest BCUT2D eigenvalue weighted by Crippen LogP contribution is -2.52. The van der Waals surface area contributed by atoms with E-state index >= 15 is 0 Å². The Morgan fingerprint density at radius 3 is 2.28 bits per heavy atom. The van der Waals surface area contributed by atoms with E-state index in [-0.39, 0.29) is 58.0 Å². The van der Waals surface area contributed by atoms with Crippen molar-refractivity contribution in [3.05, 3.63) is 64.2 Å². The number of nitrogens with two attached hydrogens (primary N) is 3. The molecule has 0 spiro atoms. The number of nitrogens with one attached hydrogen (secondary N) is 1. The fraction of sp³-hybridized carbons (Fsp3) is 0.464. The first-order chi connectivity index (χ1) is 20.4. The Balaban J connectivity index is 1.47. The van der Waals surface area contributed by atoms with Crippen molar-refractivity contribution in [1.29, 1.82) is 0 Å². The summed E-state index contributed by atoms with van der Waals surface area (Å²) in [6.07, 6.45) is -4.63. The number of fused-ring (bicyclic) bond motifs is 2. The first-order valence-electron chi connectivity index (χ1n) is 14.0. The molecule has 11 nitrogen and oxygen atoms in total. The molecule has 2 aliphatic heterocycles. The molecule has 15 heteroatoms. The lowest BCUT2D eigenvalue weighted by molar-refractivity contribution is -0.138. The number of carbonyl (C=O) groups is 3. The van der Waals surface area contributed by atoms with Crippen molar-refractivity contribution in [2.24, 2.45) is 17.2 Å². The standard InChI is InChI=1S/C28H36BF3N6O5/c30-28(31,32)21-3-1-17(2-4-21)11-24(36-26(40)23(35)5-6-25(39)37(9-7-33)10-8-34)27(41)38-14-18-12-20-16-43-29(42)22(20)13-19(18)15-38/h1-4,12-13,23-24,42H,5-11,14-16,33-35H2,(H,36,40). The first-order valence-corrected chi connectivity index (χ1v) is 14.0. The molecule has 0 saturated carbocycles. The number of rotatable bonds is 12. The van der Waals surface area contributed by atoms with Gasteiger partial charge in [-0.1, -0.05) is 24.3 Å². The largest absolute Gasteiger partial charge is 0.491 e. The SMILES string of the molecule is NCCN(CCN)C(=O)CCC(N)C(=O)NC(Cc1ccc(C(F)(F)F)cc1)C(=O)N1Cc2cc3c(cc2C1)B(O)OC3. The molecule has 8 N–H and O–H groups in total. The highest BCUT2D eigenvalue weighted by atomic mass is 19.4. The lowest BCUT2D eigenvalue weighted by Gasteiger charge is -2.26. The third-order valence-electron chi connectivity index (χ3n) is 7.65. The number of carbonyl (C=O) groups excluding carboxylic acids is 3. The Morgan fingerprint density at radius 1 is 1.05 bits per heavy atom. The molecule has 0 bridgehead atoms. The van der Waals surface area contributed by atoms with E-state index in [1.54, 1.807) is 6.07 Å². The van der Waals surface area contributed by atoms with Crippen LogP contribution in [0.5, 0.6) is 0 Å². The van der Waals surface area contributed by atoms with Gasteiger partial charge in [0.25, 0.3) is 0 Å². The van der Waals surface area contributed by atoms with Gasteiger partial charge in [0.05, 0.1) is 18.2 Å². The lowest BCUT2D eigenvalue weighted by atomic mass is 9.78. The molecular formula is C28H36BF3N6O5. The highest BCUT2D eigenvalue weighted by molar-refractivity contribution is 6.61. The number of amides is 3. The molecule has 2 aromatic carbocycles. The minimum absolute atomic E-state index is 0.00259. The molecule has 2 atom stereocenters. The van der Waals surface area contributed by atoms with E-state index in [4.69, 9.17) is 21.9 Å². The Bertz CT molecular complexity index is 1320. The quantitative estimate of drug-likeness (QED) is 0.199. The van der Waals surface area contributed by atoms with Crippen LogP contribution in [0.4, 0.5) is 13.2 Å². The van der Waals surface area contributed by atoms with Crippen molar-refractivity contribution in [3.8, 4) is 0 Å². The van der Waals surface area contributed by atoms with E-state index in [1.165, 1.54) is 21.9 Å². The van der Waals surface area contributed by atoms with Crippen molar-refractivity contribution in [3.63, 3.8) is 0 Å². The zero-order valence-corrected chi connectivity index (χ0v) is 23.6. The molecule has 0 aromatic heterocycles. The molecule has 232 valence electrons. The molecular weight excluding hydrogens is 568 g/mol. The Labute approximate surface area is 247 Å². The summed E-state index contributed by atoms with van der Waals surface area (Å²) < 4.78 is 44.5. The first kappa shape index (κ1) is 32.4. The Morgan fingerprint density at radius 2 is 1.67 bits per heavy atom. The molecule has 2 aliphatic rings. The van der Waals surface area contributed by atoms with Gasteiger partial charge in [0.15, 0.2) is 0 Å². The van der Waals surface area contributed by atoms with Crippen LogP contribution >= 0.6 is 0 Å². The monoisotopic (exact) mass is 604 g/mol. The third kappa shape index (κ3) is 7.92. The molecule has 4 rings (SSSR count).